The van der Waals surface area contributed by atoms with Crippen LogP contribution in [0.2, 0.25) is 0 Å². The number of hydrogen-bond acceptors (Lipinski definition) is 1. The summed E-state index contributed by atoms with van der Waals surface area (Å²) in [5, 5.41) is 8.65. The second kappa shape index (κ2) is 3.70. The molecule has 0 aromatic carbocycles. The van der Waals surface area contributed by atoms with Gasteiger partial charge in [-0.1, -0.05) is 0 Å². The summed E-state index contributed by atoms with van der Waals surface area (Å²) in [5.74, 6) is 2.54. The fraction of sp³-hybridized carbons (Fsp3) is 0.667. The quantitative estimate of drug-likeness (QED) is 0.507. The van der Waals surface area contributed by atoms with E-state index in [1.807, 2.05) is 6.40 Å². The Morgan fingerprint density at radius 3 is 3.29 bits per heavy atom. The second-order valence-electron chi connectivity index (χ2n) is 1.56. The highest BCUT2D eigenvalue weighted by Gasteiger charge is 1.89. The molecule has 0 aliphatic heterocycles. The Morgan fingerprint density at radius 1 is 2.14 bits per heavy atom. The van der Waals surface area contributed by atoms with Gasteiger partial charge in [0.05, 0.1) is 6.10 Å². The summed E-state index contributed by atoms with van der Waals surface area (Å²) in [5.41, 5.74) is 0. The van der Waals surface area contributed by atoms with Gasteiger partial charge in [0, 0.05) is 6.42 Å². The highest BCUT2D eigenvalue weighted by molar-refractivity contribution is 4.83. The second-order valence-corrected chi connectivity index (χ2v) is 1.56. The lowest BCUT2D eigenvalue weighted by Crippen LogP contribution is -1.96. The number of aliphatic hydroxyl groups excluding tert-OH is 1. The third-order valence-electron chi connectivity index (χ3n) is 0.687. The van der Waals surface area contributed by atoms with Crippen molar-refractivity contribution >= 4 is 0 Å². The Hall–Kier alpha value is -0.480. The molecule has 0 heterocycles. The van der Waals surface area contributed by atoms with E-state index in [1.54, 1.807) is 6.92 Å². The molecule has 0 saturated carbocycles. The Balaban J connectivity index is 3.01. The molecule has 0 aromatic heterocycles. The van der Waals surface area contributed by atoms with Crippen molar-refractivity contribution in [3.8, 4) is 12.3 Å². The van der Waals surface area contributed by atoms with E-state index in [0.717, 1.165) is 0 Å². The topological polar surface area (TPSA) is 20.2 Å². The number of rotatable bonds is 2. The van der Waals surface area contributed by atoms with Crippen LogP contribution in [0.15, 0.2) is 0 Å². The fourth-order valence-corrected chi connectivity index (χ4v) is 0.281. The molecule has 0 aromatic rings. The molecule has 0 saturated heterocycles. The molecule has 40 valence electrons. The van der Waals surface area contributed by atoms with Crippen molar-refractivity contribution in [2.75, 3.05) is 0 Å². The van der Waals surface area contributed by atoms with Crippen LogP contribution < -0.4 is 0 Å². The minimum Gasteiger partial charge on any atom is -0.393 e. The molecule has 1 nitrogen and oxygen atoms in total. The van der Waals surface area contributed by atoms with Crippen LogP contribution in [0.4, 0.5) is 0 Å². The number of terminal acetylenes is 1. The maximum atomic E-state index is 8.65. The molecular formula is C6H10O. The molecule has 0 aliphatic rings. The molecule has 0 bridgehead atoms. The Morgan fingerprint density at radius 2 is 2.86 bits per heavy atom. The van der Waals surface area contributed by atoms with E-state index in [0.29, 0.717) is 12.8 Å². The average Bonchev–Trinajstić information content (AvgIpc) is 1.66. The molecule has 1 N–H and O–H groups in total. The molecule has 0 fully saturated rings. The van der Waals surface area contributed by atoms with Crippen LogP contribution in [0.1, 0.15) is 21.1 Å². The SMILES string of the molecule is [2H]C#CCCC(C)O. The predicted octanol–water partition coefficient (Wildman–Crippen LogP) is 0.781. The van der Waals surface area contributed by atoms with E-state index in [-0.39, 0.29) is 6.10 Å². The molecular weight excluding hydrogens is 88.1 g/mol. The summed E-state index contributed by atoms with van der Waals surface area (Å²) in [6.45, 7) is 1.71. The van der Waals surface area contributed by atoms with Crippen molar-refractivity contribution in [3.63, 3.8) is 0 Å². The summed E-state index contributed by atoms with van der Waals surface area (Å²) in [4.78, 5) is 0. The van der Waals surface area contributed by atoms with Crippen molar-refractivity contribution in [2.24, 2.45) is 0 Å². The molecule has 1 heteroatoms. The van der Waals surface area contributed by atoms with Crippen LogP contribution in [-0.4, -0.2) is 11.2 Å². The molecule has 0 radical (unpaired) electrons. The van der Waals surface area contributed by atoms with E-state index >= 15 is 0 Å². The minimum atomic E-state index is -0.282. The molecule has 0 amide bonds. The van der Waals surface area contributed by atoms with E-state index in [4.69, 9.17) is 6.48 Å². The van der Waals surface area contributed by atoms with Crippen molar-refractivity contribution in [2.45, 2.75) is 25.9 Å². The van der Waals surface area contributed by atoms with E-state index in [9.17, 15) is 0 Å². The van der Waals surface area contributed by atoms with Gasteiger partial charge in [0.25, 0.3) is 0 Å². The summed E-state index contributed by atoms with van der Waals surface area (Å²) in [7, 11) is 0. The van der Waals surface area contributed by atoms with Gasteiger partial charge in [0.15, 0.2) is 0 Å². The first-order valence-corrected chi connectivity index (χ1v) is 2.35. The van der Waals surface area contributed by atoms with Crippen LogP contribution in [0.25, 0.3) is 0 Å². The van der Waals surface area contributed by atoms with Crippen molar-refractivity contribution in [3.05, 3.63) is 0 Å². The molecule has 1 atom stereocenters. The Labute approximate surface area is 45.8 Å². The lowest BCUT2D eigenvalue weighted by atomic mass is 10.2. The zero-order valence-electron chi connectivity index (χ0n) is 5.44. The summed E-state index contributed by atoms with van der Waals surface area (Å²) < 4.78 is 6.40. The molecule has 7 heavy (non-hydrogen) atoms. The highest BCUT2D eigenvalue weighted by atomic mass is 16.3. The van der Waals surface area contributed by atoms with Gasteiger partial charge in [-0.3, -0.25) is 0 Å². The van der Waals surface area contributed by atoms with Gasteiger partial charge in [0.1, 0.15) is 1.37 Å². The van der Waals surface area contributed by atoms with Gasteiger partial charge in [-0.2, -0.15) is 0 Å². The minimum absolute atomic E-state index is 0.282. The maximum Gasteiger partial charge on any atom is 0.124 e. The van der Waals surface area contributed by atoms with Crippen LogP contribution in [0.3, 0.4) is 0 Å². The van der Waals surface area contributed by atoms with E-state index in [2.05, 4.69) is 5.92 Å². The standard InChI is InChI=1S/C6H10O/c1-3-4-5-6(2)7/h1,6-7H,4-5H2,2H3/i1D. The number of aliphatic hydroxyl groups is 1. The Bertz CT molecular complexity index is 98.8. The molecule has 1 unspecified atom stereocenters. The highest BCUT2D eigenvalue weighted by Crippen LogP contribution is 1.91. The number of hydrogen-bond donors (Lipinski definition) is 1. The lowest BCUT2D eigenvalue weighted by Gasteiger charge is -1.95. The first kappa shape index (κ1) is 4.67. The van der Waals surface area contributed by atoms with Gasteiger partial charge in [-0.05, 0) is 13.3 Å². The fourth-order valence-electron chi connectivity index (χ4n) is 0.281. The summed E-state index contributed by atoms with van der Waals surface area (Å²) in [6.07, 6.45) is 3.03. The van der Waals surface area contributed by atoms with Gasteiger partial charge >= 0.3 is 0 Å². The first-order valence-electron chi connectivity index (χ1n) is 2.85. The zero-order valence-corrected chi connectivity index (χ0v) is 4.44. The predicted molar refractivity (Wildman–Crippen MR) is 29.7 cm³/mol. The van der Waals surface area contributed by atoms with Crippen molar-refractivity contribution < 1.29 is 6.48 Å². The first-order chi connectivity index (χ1) is 3.77. The monoisotopic (exact) mass is 99.1 g/mol. The molecule has 0 rings (SSSR count). The normalized spacial score (nSPS) is 13.7. The average molecular weight is 99.2 g/mol. The maximum absolute atomic E-state index is 8.65. The van der Waals surface area contributed by atoms with Gasteiger partial charge < -0.3 is 5.11 Å². The van der Waals surface area contributed by atoms with Crippen LogP contribution in [-0.2, 0) is 0 Å². The van der Waals surface area contributed by atoms with Crippen molar-refractivity contribution in [1.82, 2.24) is 0 Å². The summed E-state index contributed by atoms with van der Waals surface area (Å²) in [6, 6.07) is 0. The third kappa shape index (κ3) is 5.52. The zero-order chi connectivity index (χ0) is 6.41. The van der Waals surface area contributed by atoms with E-state index in [1.165, 1.54) is 0 Å². The molecule has 0 spiro atoms. The van der Waals surface area contributed by atoms with Crippen molar-refractivity contribution in [1.29, 1.82) is 0 Å². The van der Waals surface area contributed by atoms with Crippen LogP contribution >= 0.6 is 0 Å². The van der Waals surface area contributed by atoms with Crippen LogP contribution in [0.5, 0.6) is 0 Å². The Kier molecular flexibility index (Phi) is 2.47. The van der Waals surface area contributed by atoms with Gasteiger partial charge in [0.2, 0.25) is 0 Å². The van der Waals surface area contributed by atoms with E-state index < -0.39 is 0 Å². The summed E-state index contributed by atoms with van der Waals surface area (Å²) >= 11 is 0. The smallest absolute Gasteiger partial charge is 0.124 e. The van der Waals surface area contributed by atoms with Gasteiger partial charge in [-0.25, -0.2) is 0 Å². The largest absolute Gasteiger partial charge is 0.393 e. The third-order valence-corrected chi connectivity index (χ3v) is 0.687. The lowest BCUT2D eigenvalue weighted by molar-refractivity contribution is 0.186. The van der Waals surface area contributed by atoms with Gasteiger partial charge in [-0.15, -0.1) is 12.3 Å². The molecule has 0 aliphatic carbocycles. The van der Waals surface area contributed by atoms with Crippen LogP contribution in [0, 0.1) is 12.3 Å².